The third-order valence-corrected chi connectivity index (χ3v) is 10.0. The molecule has 4 rings (SSSR count). The van der Waals surface area contributed by atoms with Gasteiger partial charge in [0.25, 0.3) is 5.17 Å². The number of aliphatic hydroxyl groups excluding tert-OH is 1. The normalized spacial score (nSPS) is 45.3. The SMILES string of the molecule is C=C1C2CC3C(C(C)C)C(OC(=S)NCC)CC3(C)CC2C(C)=CCC2C(C)OC(=O)C(O)C12O. The number of ether oxygens (including phenoxy) is 2. The number of carbonyl (C=O) groups excluding carboxylic acids is 1. The molecule has 6 nitrogen and oxygen atoms in total. The number of rotatable bonds is 3. The van der Waals surface area contributed by atoms with E-state index in [1.807, 2.05) is 6.92 Å². The highest BCUT2D eigenvalue weighted by Gasteiger charge is 2.62. The van der Waals surface area contributed by atoms with Crippen LogP contribution in [0.4, 0.5) is 0 Å². The largest absolute Gasteiger partial charge is 0.467 e. The van der Waals surface area contributed by atoms with Gasteiger partial charge in [0.1, 0.15) is 17.8 Å². The lowest BCUT2D eigenvalue weighted by Crippen LogP contribution is -2.63. The van der Waals surface area contributed by atoms with Gasteiger partial charge >= 0.3 is 5.97 Å². The van der Waals surface area contributed by atoms with Crippen molar-refractivity contribution >= 4 is 23.4 Å². The summed E-state index contributed by atoms with van der Waals surface area (Å²) in [5.74, 6) is 0.0385. The number of allylic oxidation sites excluding steroid dienone is 2. The van der Waals surface area contributed by atoms with E-state index in [9.17, 15) is 15.0 Å². The van der Waals surface area contributed by atoms with Gasteiger partial charge in [0.15, 0.2) is 6.10 Å². The summed E-state index contributed by atoms with van der Waals surface area (Å²) in [6.45, 7) is 18.0. The Kier molecular flexibility index (Phi) is 7.19. The number of nitrogens with one attached hydrogen (secondary N) is 1. The molecule has 1 aliphatic heterocycles. The van der Waals surface area contributed by atoms with Crippen molar-refractivity contribution in [3.63, 3.8) is 0 Å². The van der Waals surface area contributed by atoms with Crippen molar-refractivity contribution < 1.29 is 24.5 Å². The maximum Gasteiger partial charge on any atom is 0.338 e. The first-order valence-electron chi connectivity index (χ1n) is 13.3. The number of carbonyl (C=O) groups is 1. The van der Waals surface area contributed by atoms with Crippen LogP contribution >= 0.6 is 12.2 Å². The minimum absolute atomic E-state index is 0.0322. The molecule has 0 amide bonds. The summed E-state index contributed by atoms with van der Waals surface area (Å²) in [6, 6.07) is 0. The summed E-state index contributed by atoms with van der Waals surface area (Å²) in [4.78, 5) is 12.5. The predicted octanol–water partition coefficient (Wildman–Crippen LogP) is 4.15. The minimum Gasteiger partial charge on any atom is -0.467 e. The smallest absolute Gasteiger partial charge is 0.338 e. The van der Waals surface area contributed by atoms with Gasteiger partial charge in [-0.3, -0.25) is 0 Å². The Morgan fingerprint density at radius 2 is 2.03 bits per heavy atom. The highest BCUT2D eigenvalue weighted by molar-refractivity contribution is 7.80. The zero-order valence-corrected chi connectivity index (χ0v) is 22.9. The van der Waals surface area contributed by atoms with Crippen LogP contribution in [0.3, 0.4) is 0 Å². The van der Waals surface area contributed by atoms with E-state index >= 15 is 0 Å². The number of hydrogen-bond acceptors (Lipinski definition) is 6. The fourth-order valence-corrected chi connectivity index (χ4v) is 8.31. The van der Waals surface area contributed by atoms with Crippen molar-refractivity contribution in [3.8, 4) is 0 Å². The Hall–Kier alpha value is -1.44. The third-order valence-electron chi connectivity index (χ3n) is 9.80. The minimum atomic E-state index is -1.70. The van der Waals surface area contributed by atoms with E-state index in [-0.39, 0.29) is 23.4 Å². The summed E-state index contributed by atoms with van der Waals surface area (Å²) >= 11 is 5.46. The fourth-order valence-electron chi connectivity index (χ4n) is 8.05. The molecule has 0 aromatic heterocycles. The van der Waals surface area contributed by atoms with E-state index in [0.29, 0.717) is 34.9 Å². The zero-order valence-electron chi connectivity index (χ0n) is 22.0. The Balaban J connectivity index is 1.72. The van der Waals surface area contributed by atoms with E-state index in [1.54, 1.807) is 6.92 Å². The zero-order chi connectivity index (χ0) is 25.9. The van der Waals surface area contributed by atoms with E-state index in [4.69, 9.17) is 21.7 Å². The third kappa shape index (κ3) is 4.25. The molecule has 2 saturated carbocycles. The van der Waals surface area contributed by atoms with Crippen molar-refractivity contribution in [2.75, 3.05) is 6.54 Å². The number of esters is 1. The topological polar surface area (TPSA) is 88.0 Å². The van der Waals surface area contributed by atoms with Crippen molar-refractivity contribution in [3.05, 3.63) is 23.8 Å². The van der Waals surface area contributed by atoms with Crippen LogP contribution in [0.2, 0.25) is 0 Å². The predicted molar refractivity (Wildman–Crippen MR) is 139 cm³/mol. The van der Waals surface area contributed by atoms with Crippen LogP contribution in [-0.2, 0) is 14.3 Å². The lowest BCUT2D eigenvalue weighted by atomic mass is 9.53. The molecule has 0 bridgehead atoms. The van der Waals surface area contributed by atoms with Crippen LogP contribution in [0.1, 0.15) is 67.2 Å². The maximum atomic E-state index is 12.5. The van der Waals surface area contributed by atoms with E-state index in [0.717, 1.165) is 25.8 Å². The van der Waals surface area contributed by atoms with Gasteiger partial charge < -0.3 is 25.0 Å². The van der Waals surface area contributed by atoms with Gasteiger partial charge in [-0.2, -0.15) is 0 Å². The summed E-state index contributed by atoms with van der Waals surface area (Å²) < 4.78 is 11.7. The average Bonchev–Trinajstić information content (AvgIpc) is 3.06. The molecule has 35 heavy (non-hydrogen) atoms. The van der Waals surface area contributed by atoms with Gasteiger partial charge in [-0.05, 0) is 93.3 Å². The van der Waals surface area contributed by atoms with E-state index in [1.165, 1.54) is 5.57 Å². The molecule has 10 unspecified atom stereocenters. The van der Waals surface area contributed by atoms with Crippen molar-refractivity contribution in [2.24, 2.45) is 40.9 Å². The molecule has 0 aromatic rings. The van der Waals surface area contributed by atoms with Crippen LogP contribution in [0, 0.1) is 40.9 Å². The van der Waals surface area contributed by atoms with Gasteiger partial charge in [0.05, 0.1) is 0 Å². The van der Waals surface area contributed by atoms with Gasteiger partial charge in [-0.25, -0.2) is 4.79 Å². The molecule has 0 spiro atoms. The monoisotopic (exact) mass is 505 g/mol. The number of cyclic esters (lactones) is 1. The summed E-state index contributed by atoms with van der Waals surface area (Å²) in [6.07, 6.45) is 3.38. The van der Waals surface area contributed by atoms with E-state index in [2.05, 4.69) is 45.7 Å². The Bertz CT molecular complexity index is 917. The molecule has 1 heterocycles. The molecule has 7 heteroatoms. The molecular formula is C28H43NO5S. The standard InChI is InChI=1S/C28H43NO5S/c1-8-29-26(35)34-22-13-27(7)12-19-15(4)9-10-20-17(6)33-25(31)24(30)28(20,32)16(5)18(19)11-21(27)23(22)14(2)3/h9,14,17-24,30,32H,5,8,10-13H2,1-4,6-7H3,(H,29,35). The summed E-state index contributed by atoms with van der Waals surface area (Å²) in [5, 5.41) is 26.5. The van der Waals surface area contributed by atoms with Gasteiger partial charge in [-0.1, -0.05) is 39.0 Å². The maximum absolute atomic E-state index is 12.5. The molecule has 1 saturated heterocycles. The second-order valence-corrected chi connectivity index (χ2v) is 12.5. The lowest BCUT2D eigenvalue weighted by molar-refractivity contribution is -0.209. The first-order chi connectivity index (χ1) is 16.3. The highest BCUT2D eigenvalue weighted by Crippen LogP contribution is 2.63. The van der Waals surface area contributed by atoms with Crippen LogP contribution < -0.4 is 5.32 Å². The number of aliphatic hydroxyl groups is 2. The van der Waals surface area contributed by atoms with Gasteiger partial charge in [0.2, 0.25) is 0 Å². The second-order valence-electron chi connectivity index (χ2n) is 12.1. The lowest BCUT2D eigenvalue weighted by Gasteiger charge is -2.54. The number of thiocarbonyl (C=S) groups is 1. The van der Waals surface area contributed by atoms with Crippen LogP contribution in [-0.4, -0.2) is 51.8 Å². The van der Waals surface area contributed by atoms with Gasteiger partial charge in [-0.15, -0.1) is 0 Å². The number of hydrogen-bond donors (Lipinski definition) is 3. The molecule has 3 N–H and O–H groups in total. The Morgan fingerprint density at radius 1 is 1.34 bits per heavy atom. The molecular weight excluding hydrogens is 462 g/mol. The first-order valence-corrected chi connectivity index (χ1v) is 13.7. The van der Waals surface area contributed by atoms with E-state index < -0.39 is 29.7 Å². The van der Waals surface area contributed by atoms with Crippen molar-refractivity contribution in [2.45, 2.75) is 91.1 Å². The second kappa shape index (κ2) is 9.46. The van der Waals surface area contributed by atoms with Crippen LogP contribution in [0.15, 0.2) is 23.8 Å². The average molecular weight is 506 g/mol. The molecule has 3 fully saturated rings. The van der Waals surface area contributed by atoms with Crippen molar-refractivity contribution in [1.29, 1.82) is 0 Å². The van der Waals surface area contributed by atoms with Crippen LogP contribution in [0.25, 0.3) is 0 Å². The first kappa shape index (κ1) is 26.6. The fraction of sp³-hybridized carbons (Fsp3) is 0.786. The molecule has 0 radical (unpaired) electrons. The quantitative estimate of drug-likeness (QED) is 0.302. The number of fused-ring (bicyclic) bond motifs is 3. The molecule has 3 aliphatic carbocycles. The Labute approximate surface area is 215 Å². The summed E-state index contributed by atoms with van der Waals surface area (Å²) in [7, 11) is 0. The summed E-state index contributed by atoms with van der Waals surface area (Å²) in [5.41, 5.74) is 0.256. The molecule has 10 atom stereocenters. The van der Waals surface area contributed by atoms with Crippen molar-refractivity contribution in [1.82, 2.24) is 5.32 Å². The van der Waals surface area contributed by atoms with Crippen LogP contribution in [0.5, 0.6) is 0 Å². The highest BCUT2D eigenvalue weighted by atomic mass is 32.1. The Morgan fingerprint density at radius 3 is 2.66 bits per heavy atom. The molecule has 4 aliphatic rings. The van der Waals surface area contributed by atoms with Gasteiger partial charge in [0, 0.05) is 18.4 Å². The molecule has 0 aromatic carbocycles. The molecule has 196 valence electrons.